The van der Waals surface area contributed by atoms with Gasteiger partial charge in [-0.3, -0.25) is 14.7 Å². The van der Waals surface area contributed by atoms with E-state index in [0.717, 1.165) is 0 Å². The molecule has 0 unspecified atom stereocenters. The molecule has 0 N–H and O–H groups in total. The maximum atomic E-state index is 10.6. The van der Waals surface area contributed by atoms with Crippen molar-refractivity contribution < 1.29 is 4.92 Å². The number of fused-ring (bicyclic) bond motifs is 1. The number of nitrogens with zero attached hydrogens (tertiary/aromatic N) is 5. The summed E-state index contributed by atoms with van der Waals surface area (Å²) in [7, 11) is 0. The van der Waals surface area contributed by atoms with E-state index >= 15 is 0 Å². The van der Waals surface area contributed by atoms with Crippen LogP contribution in [-0.4, -0.2) is 24.4 Å². The fraction of sp³-hybridized carbons (Fsp3) is 0.0833. The van der Waals surface area contributed by atoms with E-state index in [9.17, 15) is 10.1 Å². The van der Waals surface area contributed by atoms with Gasteiger partial charge in [-0.25, -0.2) is 15.0 Å². The van der Waals surface area contributed by atoms with E-state index in [-0.39, 0.29) is 10.8 Å². The summed E-state index contributed by atoms with van der Waals surface area (Å²) in [4.78, 5) is 22.7. The Balaban J connectivity index is 2.17. The molecule has 0 aliphatic rings. The lowest BCUT2D eigenvalue weighted by Crippen LogP contribution is -1.97. The highest BCUT2D eigenvalue weighted by molar-refractivity contribution is 6.33. The lowest BCUT2D eigenvalue weighted by Gasteiger charge is -2.03. The van der Waals surface area contributed by atoms with Crippen molar-refractivity contribution in [1.82, 2.24) is 19.5 Å². The van der Waals surface area contributed by atoms with E-state index in [4.69, 9.17) is 11.6 Å². The second kappa shape index (κ2) is 4.53. The second-order valence-electron chi connectivity index (χ2n) is 4.12. The number of imidazole rings is 1. The molecule has 3 rings (SSSR count). The Kier molecular flexibility index (Phi) is 2.83. The Morgan fingerprint density at radius 2 is 1.95 bits per heavy atom. The Morgan fingerprint density at radius 3 is 2.60 bits per heavy atom. The van der Waals surface area contributed by atoms with Gasteiger partial charge in [-0.05, 0) is 19.1 Å². The highest BCUT2D eigenvalue weighted by atomic mass is 35.5. The van der Waals surface area contributed by atoms with E-state index in [1.165, 1.54) is 12.1 Å². The third-order valence-corrected chi connectivity index (χ3v) is 3.07. The van der Waals surface area contributed by atoms with Gasteiger partial charge in [-0.2, -0.15) is 0 Å². The van der Waals surface area contributed by atoms with Gasteiger partial charge < -0.3 is 0 Å². The van der Waals surface area contributed by atoms with Crippen LogP contribution in [0.5, 0.6) is 0 Å². The fourth-order valence-electron chi connectivity index (χ4n) is 1.89. The van der Waals surface area contributed by atoms with E-state index in [2.05, 4.69) is 15.0 Å². The summed E-state index contributed by atoms with van der Waals surface area (Å²) in [6.07, 6.45) is 1.56. The van der Waals surface area contributed by atoms with Gasteiger partial charge >= 0.3 is 0 Å². The van der Waals surface area contributed by atoms with Gasteiger partial charge in [0.05, 0.1) is 4.92 Å². The molecular weight excluding hydrogens is 282 g/mol. The summed E-state index contributed by atoms with van der Waals surface area (Å²) in [5, 5.41) is 10.9. The minimum atomic E-state index is -0.445. The number of hydrogen-bond donors (Lipinski definition) is 0. The molecule has 2 aromatic heterocycles. The summed E-state index contributed by atoms with van der Waals surface area (Å²) < 4.78 is 1.71. The normalized spacial score (nSPS) is 10.9. The second-order valence-corrected chi connectivity index (χ2v) is 4.48. The third kappa shape index (κ3) is 1.97. The predicted molar refractivity (Wildman–Crippen MR) is 73.1 cm³/mol. The van der Waals surface area contributed by atoms with Crippen LogP contribution < -0.4 is 0 Å². The summed E-state index contributed by atoms with van der Waals surface area (Å²) >= 11 is 6.01. The number of nitro groups is 1. The first-order valence-corrected chi connectivity index (χ1v) is 6.06. The minimum Gasteiger partial charge on any atom is -0.283 e. The van der Waals surface area contributed by atoms with Gasteiger partial charge in [-0.1, -0.05) is 11.6 Å². The molecule has 0 aliphatic carbocycles. The smallest absolute Gasteiger partial charge is 0.269 e. The van der Waals surface area contributed by atoms with Gasteiger partial charge in [-0.15, -0.1) is 0 Å². The zero-order chi connectivity index (χ0) is 14.3. The topological polar surface area (TPSA) is 86.7 Å². The van der Waals surface area contributed by atoms with Gasteiger partial charge in [0, 0.05) is 17.8 Å². The number of rotatable bonds is 2. The first-order valence-electron chi connectivity index (χ1n) is 5.68. The van der Waals surface area contributed by atoms with E-state index in [1.807, 2.05) is 0 Å². The van der Waals surface area contributed by atoms with Crippen molar-refractivity contribution in [3.8, 4) is 5.69 Å². The Hall–Kier alpha value is -2.54. The molecule has 0 spiro atoms. The standard InChI is InChI=1S/C12H8ClN5O2/c1-7-15-11(13)10-12(16-7)17(6-14-10)8-2-4-9(5-3-8)18(19)20/h2-6H,1H3. The summed E-state index contributed by atoms with van der Waals surface area (Å²) in [6.45, 7) is 1.73. The van der Waals surface area contributed by atoms with Gasteiger partial charge in [0.15, 0.2) is 10.8 Å². The maximum absolute atomic E-state index is 10.6. The third-order valence-electron chi connectivity index (χ3n) is 2.80. The molecule has 0 saturated heterocycles. The zero-order valence-electron chi connectivity index (χ0n) is 10.3. The molecule has 0 bridgehead atoms. The number of nitro benzene ring substituents is 1. The van der Waals surface area contributed by atoms with Crippen LogP contribution in [0.2, 0.25) is 5.15 Å². The van der Waals surface area contributed by atoms with Crippen molar-refractivity contribution in [3.05, 3.63) is 51.7 Å². The molecule has 1 aromatic carbocycles. The van der Waals surface area contributed by atoms with Gasteiger partial charge in [0.25, 0.3) is 5.69 Å². The number of halogens is 1. The van der Waals surface area contributed by atoms with Crippen LogP contribution in [0, 0.1) is 17.0 Å². The zero-order valence-corrected chi connectivity index (χ0v) is 11.1. The van der Waals surface area contributed by atoms with Crippen LogP contribution in [0.25, 0.3) is 16.9 Å². The molecule has 8 heteroatoms. The predicted octanol–water partition coefficient (Wildman–Crippen LogP) is 2.69. The molecule has 7 nitrogen and oxygen atoms in total. The Bertz CT molecular complexity index is 813. The van der Waals surface area contributed by atoms with Crippen molar-refractivity contribution in [3.63, 3.8) is 0 Å². The van der Waals surface area contributed by atoms with Gasteiger partial charge in [0.2, 0.25) is 0 Å². The lowest BCUT2D eigenvalue weighted by molar-refractivity contribution is -0.384. The molecule has 0 fully saturated rings. The van der Waals surface area contributed by atoms with Crippen LogP contribution in [0.4, 0.5) is 5.69 Å². The first kappa shape index (κ1) is 12.5. The van der Waals surface area contributed by atoms with Crippen molar-refractivity contribution in [2.24, 2.45) is 0 Å². The van der Waals surface area contributed by atoms with Gasteiger partial charge in [0.1, 0.15) is 17.7 Å². The average Bonchev–Trinajstić information content (AvgIpc) is 2.82. The number of non-ortho nitro benzene ring substituents is 1. The van der Waals surface area contributed by atoms with Crippen molar-refractivity contribution >= 4 is 28.5 Å². The largest absolute Gasteiger partial charge is 0.283 e. The molecule has 0 atom stereocenters. The minimum absolute atomic E-state index is 0.0296. The molecule has 0 radical (unpaired) electrons. The molecule has 100 valence electrons. The van der Waals surface area contributed by atoms with Crippen molar-refractivity contribution in [2.75, 3.05) is 0 Å². The van der Waals surface area contributed by atoms with Crippen LogP contribution in [-0.2, 0) is 0 Å². The SMILES string of the molecule is Cc1nc(Cl)c2ncn(-c3ccc([N+](=O)[O-])cc3)c2n1. The van der Waals surface area contributed by atoms with Crippen LogP contribution in [0.15, 0.2) is 30.6 Å². The monoisotopic (exact) mass is 289 g/mol. The summed E-state index contributed by atoms with van der Waals surface area (Å²) in [5.41, 5.74) is 1.81. The Labute approximate surface area is 118 Å². The molecule has 3 aromatic rings. The molecular formula is C12H8ClN5O2. The summed E-state index contributed by atoms with van der Waals surface area (Å²) in [6, 6.07) is 6.11. The lowest BCUT2D eigenvalue weighted by atomic mass is 10.3. The molecule has 0 saturated carbocycles. The number of hydrogen-bond acceptors (Lipinski definition) is 5. The van der Waals surface area contributed by atoms with Crippen molar-refractivity contribution in [1.29, 1.82) is 0 Å². The maximum Gasteiger partial charge on any atom is 0.269 e. The number of aryl methyl sites for hydroxylation is 1. The Morgan fingerprint density at radius 1 is 1.25 bits per heavy atom. The number of benzene rings is 1. The van der Waals surface area contributed by atoms with Crippen LogP contribution in [0.1, 0.15) is 5.82 Å². The highest BCUT2D eigenvalue weighted by Crippen LogP contribution is 2.23. The van der Waals surface area contributed by atoms with E-state index in [1.54, 1.807) is 30.0 Å². The molecule has 0 amide bonds. The average molecular weight is 290 g/mol. The quantitative estimate of drug-likeness (QED) is 0.411. The molecule has 20 heavy (non-hydrogen) atoms. The first-order chi connectivity index (χ1) is 9.56. The van der Waals surface area contributed by atoms with E-state index in [0.29, 0.717) is 22.7 Å². The fourth-order valence-corrected chi connectivity index (χ4v) is 2.15. The molecule has 2 heterocycles. The van der Waals surface area contributed by atoms with Crippen LogP contribution >= 0.6 is 11.6 Å². The number of aromatic nitrogens is 4. The highest BCUT2D eigenvalue weighted by Gasteiger charge is 2.12. The summed E-state index contributed by atoms with van der Waals surface area (Å²) in [5.74, 6) is 0.533. The van der Waals surface area contributed by atoms with E-state index < -0.39 is 4.92 Å². The van der Waals surface area contributed by atoms with Crippen LogP contribution in [0.3, 0.4) is 0 Å². The van der Waals surface area contributed by atoms with Crippen molar-refractivity contribution in [2.45, 2.75) is 6.92 Å². The molecule has 0 aliphatic heterocycles.